The molecule has 2 heterocycles. The summed E-state index contributed by atoms with van der Waals surface area (Å²) in [6.45, 7) is 8.26. The van der Waals surface area contributed by atoms with Crippen LogP contribution in [0.15, 0.2) is 42.6 Å². The molecule has 188 valence electrons. The Hall–Kier alpha value is -3.04. The quantitative estimate of drug-likeness (QED) is 0.459. The lowest BCUT2D eigenvalue weighted by atomic mass is 10.0. The number of piperidine rings is 1. The predicted octanol–water partition coefficient (Wildman–Crippen LogP) is 5.88. The minimum atomic E-state index is -5.08. The molecule has 0 radical (unpaired) electrons. The second-order valence-electron chi connectivity index (χ2n) is 8.39. The first-order valence-electron chi connectivity index (χ1n) is 11.1. The van der Waals surface area contributed by atoms with Gasteiger partial charge in [0.15, 0.2) is 0 Å². The lowest BCUT2D eigenvalue weighted by Gasteiger charge is -2.26. The summed E-state index contributed by atoms with van der Waals surface area (Å²) >= 11 is 6.44. The summed E-state index contributed by atoms with van der Waals surface area (Å²) in [6.07, 6.45) is -1.01. The van der Waals surface area contributed by atoms with Crippen LogP contribution in [0.25, 0.3) is 16.9 Å². The Morgan fingerprint density at radius 2 is 1.77 bits per heavy atom. The molecule has 2 aromatic carbocycles. The fourth-order valence-corrected chi connectivity index (χ4v) is 4.17. The number of aromatic nitrogens is 2. The van der Waals surface area contributed by atoms with E-state index in [2.05, 4.69) is 49.4 Å². The van der Waals surface area contributed by atoms with Gasteiger partial charge in [0.2, 0.25) is 0 Å². The molecule has 10 heteroatoms. The number of aryl methyl sites for hydroxylation is 3. The van der Waals surface area contributed by atoms with Crippen LogP contribution in [0.5, 0.6) is 5.75 Å². The van der Waals surface area contributed by atoms with Crippen LogP contribution < -0.4 is 10.1 Å². The van der Waals surface area contributed by atoms with E-state index in [4.69, 9.17) is 26.2 Å². The lowest BCUT2D eigenvalue weighted by Crippen LogP contribution is -2.34. The summed E-state index contributed by atoms with van der Waals surface area (Å²) in [7, 11) is 0. The number of nitrogens with one attached hydrogen (secondary N) is 1. The van der Waals surface area contributed by atoms with Gasteiger partial charge in [-0.25, -0.2) is 9.48 Å². The van der Waals surface area contributed by atoms with Gasteiger partial charge < -0.3 is 15.2 Å². The van der Waals surface area contributed by atoms with Crippen LogP contribution in [-0.4, -0.2) is 46.2 Å². The molecule has 0 spiro atoms. The van der Waals surface area contributed by atoms with Crippen molar-refractivity contribution >= 4 is 17.6 Å². The molecule has 1 aliphatic rings. The van der Waals surface area contributed by atoms with E-state index in [1.54, 1.807) is 0 Å². The van der Waals surface area contributed by atoms with Gasteiger partial charge in [0, 0.05) is 10.6 Å². The van der Waals surface area contributed by atoms with Crippen LogP contribution in [0.3, 0.4) is 0 Å². The highest BCUT2D eigenvalue weighted by Crippen LogP contribution is 2.38. The molecule has 1 aromatic heterocycles. The van der Waals surface area contributed by atoms with Crippen LogP contribution in [0.1, 0.15) is 29.5 Å². The predicted molar refractivity (Wildman–Crippen MR) is 128 cm³/mol. The molecular formula is C25H27ClF3N3O3. The Kier molecular flexibility index (Phi) is 8.45. The van der Waals surface area contributed by atoms with Crippen molar-refractivity contribution in [2.75, 3.05) is 13.1 Å². The van der Waals surface area contributed by atoms with Crippen LogP contribution in [0.4, 0.5) is 13.2 Å². The molecule has 0 unspecified atom stereocenters. The molecule has 1 aliphatic heterocycles. The maximum absolute atomic E-state index is 10.6. The standard InChI is InChI=1S/C23H26ClN3O.C2HF3O2/c1-15-4-5-21(16(2)12-15)27-22(8-11-26-27)20-14-18(24)13-17(3)23(20)28-19-6-9-25-10-7-19;3-2(4,5)1(6)7/h4-5,8,11-14,19,25H,6-7,9-10H2,1-3H3;(H,6,7). The second kappa shape index (κ2) is 11.1. The van der Waals surface area contributed by atoms with Gasteiger partial charge >= 0.3 is 12.1 Å². The minimum absolute atomic E-state index is 0.220. The van der Waals surface area contributed by atoms with Crippen molar-refractivity contribution < 1.29 is 27.8 Å². The number of carboxylic acid groups (broad SMARTS) is 1. The number of aliphatic carboxylic acids is 1. The molecule has 0 saturated carbocycles. The molecule has 6 nitrogen and oxygen atoms in total. The molecule has 2 N–H and O–H groups in total. The Bertz CT molecular complexity index is 1190. The fraction of sp³-hybridized carbons (Fsp3) is 0.360. The highest BCUT2D eigenvalue weighted by molar-refractivity contribution is 6.31. The van der Waals surface area contributed by atoms with Crippen molar-refractivity contribution in [1.82, 2.24) is 15.1 Å². The number of benzene rings is 2. The molecule has 1 fully saturated rings. The molecule has 3 aromatic rings. The number of carbonyl (C=O) groups is 1. The molecule has 0 atom stereocenters. The SMILES string of the molecule is Cc1ccc(-n2nccc2-c2cc(Cl)cc(C)c2OC2CCNCC2)c(C)c1.O=C(O)C(F)(F)F. The van der Waals surface area contributed by atoms with Crippen molar-refractivity contribution in [2.45, 2.75) is 45.9 Å². The van der Waals surface area contributed by atoms with Crippen LogP contribution >= 0.6 is 11.6 Å². The van der Waals surface area contributed by atoms with Crippen LogP contribution in [-0.2, 0) is 4.79 Å². The maximum atomic E-state index is 10.6. The van der Waals surface area contributed by atoms with Gasteiger partial charge in [0.25, 0.3) is 0 Å². The normalized spacial score (nSPS) is 14.3. The van der Waals surface area contributed by atoms with Gasteiger partial charge in [-0.2, -0.15) is 18.3 Å². The van der Waals surface area contributed by atoms with E-state index in [-0.39, 0.29) is 6.10 Å². The minimum Gasteiger partial charge on any atom is -0.489 e. The third kappa shape index (κ3) is 6.76. The molecule has 0 aliphatic carbocycles. The number of rotatable bonds is 4. The van der Waals surface area contributed by atoms with Gasteiger partial charge in [-0.1, -0.05) is 29.3 Å². The van der Waals surface area contributed by atoms with Gasteiger partial charge in [-0.3, -0.25) is 0 Å². The van der Waals surface area contributed by atoms with E-state index in [0.29, 0.717) is 5.02 Å². The van der Waals surface area contributed by atoms with Crippen molar-refractivity contribution in [3.8, 4) is 22.7 Å². The average Bonchev–Trinajstić information content (AvgIpc) is 3.25. The smallest absolute Gasteiger partial charge is 0.489 e. The van der Waals surface area contributed by atoms with E-state index in [9.17, 15) is 13.2 Å². The third-order valence-corrected chi connectivity index (χ3v) is 5.77. The number of halogens is 4. The number of carboxylic acids is 1. The first-order valence-corrected chi connectivity index (χ1v) is 11.4. The summed E-state index contributed by atoms with van der Waals surface area (Å²) in [5.41, 5.74) is 6.51. The number of nitrogens with zero attached hydrogens (tertiary/aromatic N) is 2. The summed E-state index contributed by atoms with van der Waals surface area (Å²) in [5.74, 6) is -1.85. The van der Waals surface area contributed by atoms with Gasteiger partial charge in [0.1, 0.15) is 11.9 Å². The van der Waals surface area contributed by atoms with Crippen molar-refractivity contribution in [2.24, 2.45) is 0 Å². The van der Waals surface area contributed by atoms with E-state index in [1.807, 2.05) is 29.1 Å². The lowest BCUT2D eigenvalue weighted by molar-refractivity contribution is -0.192. The Morgan fingerprint density at radius 1 is 1.11 bits per heavy atom. The van der Waals surface area contributed by atoms with Crippen LogP contribution in [0, 0.1) is 20.8 Å². The maximum Gasteiger partial charge on any atom is 0.490 e. The Labute approximate surface area is 206 Å². The first-order chi connectivity index (χ1) is 16.5. The number of hydrogen-bond acceptors (Lipinski definition) is 4. The fourth-order valence-electron chi connectivity index (χ4n) is 3.90. The largest absolute Gasteiger partial charge is 0.490 e. The van der Waals surface area contributed by atoms with Gasteiger partial charge in [0.05, 0.1) is 17.6 Å². The van der Waals surface area contributed by atoms with E-state index < -0.39 is 12.1 Å². The zero-order valence-electron chi connectivity index (χ0n) is 19.6. The molecule has 1 saturated heterocycles. The highest BCUT2D eigenvalue weighted by atomic mass is 35.5. The number of ether oxygens (including phenoxy) is 1. The van der Waals surface area contributed by atoms with E-state index in [1.165, 1.54) is 11.1 Å². The summed E-state index contributed by atoms with van der Waals surface area (Å²) in [5, 5.41) is 15.8. The highest BCUT2D eigenvalue weighted by Gasteiger charge is 2.38. The monoisotopic (exact) mass is 509 g/mol. The van der Waals surface area contributed by atoms with Crippen molar-refractivity contribution in [3.05, 3.63) is 64.3 Å². The zero-order valence-corrected chi connectivity index (χ0v) is 20.4. The van der Waals surface area contributed by atoms with Crippen molar-refractivity contribution in [3.63, 3.8) is 0 Å². The number of hydrogen-bond donors (Lipinski definition) is 2. The Balaban J connectivity index is 0.000000429. The summed E-state index contributed by atoms with van der Waals surface area (Å²) < 4.78 is 40.2. The number of alkyl halides is 3. The average molecular weight is 510 g/mol. The molecule has 0 bridgehead atoms. The van der Waals surface area contributed by atoms with Gasteiger partial charge in [-0.05, 0) is 82.1 Å². The molecular weight excluding hydrogens is 483 g/mol. The summed E-state index contributed by atoms with van der Waals surface area (Å²) in [6, 6.07) is 12.4. The second-order valence-corrected chi connectivity index (χ2v) is 8.82. The van der Waals surface area contributed by atoms with E-state index in [0.717, 1.165) is 54.2 Å². The van der Waals surface area contributed by atoms with Gasteiger partial charge in [-0.15, -0.1) is 0 Å². The molecule has 0 amide bonds. The molecule has 4 rings (SSSR count). The third-order valence-electron chi connectivity index (χ3n) is 5.55. The first kappa shape index (κ1) is 26.6. The zero-order chi connectivity index (χ0) is 25.8. The van der Waals surface area contributed by atoms with Crippen LogP contribution in [0.2, 0.25) is 5.02 Å². The topological polar surface area (TPSA) is 76.4 Å². The Morgan fingerprint density at radius 3 is 2.37 bits per heavy atom. The van der Waals surface area contributed by atoms with E-state index >= 15 is 0 Å². The van der Waals surface area contributed by atoms with Crippen molar-refractivity contribution in [1.29, 1.82) is 0 Å². The summed E-state index contributed by atoms with van der Waals surface area (Å²) in [4.78, 5) is 8.90. The molecule has 35 heavy (non-hydrogen) atoms.